The Morgan fingerprint density at radius 2 is 1.64 bits per heavy atom. The lowest BCUT2D eigenvalue weighted by Gasteiger charge is -2.00. The molecule has 3 rings (SSSR count). The van der Waals surface area contributed by atoms with Crippen molar-refractivity contribution in [2.75, 3.05) is 0 Å². The van der Waals surface area contributed by atoms with E-state index in [1.54, 1.807) is 30.3 Å². The molecule has 0 unspecified atom stereocenters. The van der Waals surface area contributed by atoms with E-state index in [1.807, 2.05) is 31.2 Å². The number of aromatic nitrogens is 2. The highest BCUT2D eigenvalue weighted by Crippen LogP contribution is 2.21. The van der Waals surface area contributed by atoms with Gasteiger partial charge in [0.25, 0.3) is 0 Å². The molecule has 0 saturated heterocycles. The van der Waals surface area contributed by atoms with Gasteiger partial charge in [-0.1, -0.05) is 35.9 Å². The molecule has 0 aliphatic carbocycles. The molecule has 0 saturated carbocycles. The second-order valence-corrected chi connectivity index (χ2v) is 6.93. The second kappa shape index (κ2) is 5.73. The molecule has 0 aliphatic rings. The largest absolute Gasteiger partial charge is 0.420 e. The third-order valence-corrected chi connectivity index (χ3v) is 4.80. The van der Waals surface area contributed by atoms with Gasteiger partial charge in [0.1, 0.15) is 5.75 Å². The maximum Gasteiger partial charge on any atom is 0.247 e. The predicted octanol–water partition coefficient (Wildman–Crippen LogP) is 3.02. The fourth-order valence-corrected chi connectivity index (χ4v) is 3.18. The minimum atomic E-state index is -3.49. The number of hydrogen-bond acceptors (Lipinski definition) is 5. The maximum atomic E-state index is 12.3. The van der Waals surface area contributed by atoms with Crippen molar-refractivity contribution in [3.8, 4) is 11.5 Å². The molecule has 1 heterocycles. The zero-order valence-electron chi connectivity index (χ0n) is 11.9. The summed E-state index contributed by atoms with van der Waals surface area (Å²) in [4.78, 5) is 0.241. The Bertz CT molecular complexity index is 869. The summed E-state index contributed by atoms with van der Waals surface area (Å²) in [5.74, 6) is 0.0910. The van der Waals surface area contributed by atoms with Gasteiger partial charge >= 0.3 is 0 Å². The second-order valence-electron chi connectivity index (χ2n) is 4.94. The summed E-state index contributed by atoms with van der Waals surface area (Å²) in [7, 11) is -3.49. The van der Waals surface area contributed by atoms with Crippen molar-refractivity contribution in [2.24, 2.45) is 0 Å². The van der Waals surface area contributed by atoms with Crippen LogP contribution in [0, 0.1) is 6.92 Å². The van der Waals surface area contributed by atoms with Crippen LogP contribution in [0.1, 0.15) is 11.5 Å². The molecule has 0 bridgehead atoms. The van der Waals surface area contributed by atoms with E-state index in [9.17, 15) is 8.42 Å². The third kappa shape index (κ3) is 3.07. The summed E-state index contributed by atoms with van der Waals surface area (Å²) in [6.07, 6.45) is 0. The van der Waals surface area contributed by atoms with E-state index in [4.69, 9.17) is 4.42 Å². The molecule has 5 nitrogen and oxygen atoms in total. The lowest BCUT2D eigenvalue weighted by Crippen LogP contribution is -2.04. The number of aryl methyl sites for hydroxylation is 1. The molecule has 6 heteroatoms. The number of hydrogen-bond donors (Lipinski definition) is 0. The minimum Gasteiger partial charge on any atom is -0.420 e. The molecule has 0 atom stereocenters. The van der Waals surface area contributed by atoms with Crippen LogP contribution >= 0.6 is 0 Å². The molecule has 112 valence electrons. The van der Waals surface area contributed by atoms with Crippen molar-refractivity contribution >= 4 is 9.84 Å². The first-order valence-corrected chi connectivity index (χ1v) is 8.37. The van der Waals surface area contributed by atoms with E-state index in [-0.39, 0.29) is 16.5 Å². The Morgan fingerprint density at radius 1 is 0.955 bits per heavy atom. The highest BCUT2D eigenvalue weighted by atomic mass is 32.2. The fourth-order valence-electron chi connectivity index (χ4n) is 2.00. The number of benzene rings is 2. The Hall–Kier alpha value is -2.47. The summed E-state index contributed by atoms with van der Waals surface area (Å²) < 4.78 is 30.0. The fraction of sp³-hybridized carbons (Fsp3) is 0.125. The molecule has 0 spiro atoms. The number of nitrogens with zero attached hydrogens (tertiary/aromatic N) is 2. The lowest BCUT2D eigenvalue weighted by molar-refractivity contribution is 0.518. The van der Waals surface area contributed by atoms with Crippen LogP contribution in [0.5, 0.6) is 0 Å². The molecule has 1 aromatic heterocycles. The molecule has 0 aliphatic heterocycles. The first-order chi connectivity index (χ1) is 10.5. The smallest absolute Gasteiger partial charge is 0.247 e. The molecule has 0 amide bonds. The molecule has 0 fully saturated rings. The van der Waals surface area contributed by atoms with Crippen LogP contribution in [-0.4, -0.2) is 18.6 Å². The van der Waals surface area contributed by atoms with Crippen molar-refractivity contribution < 1.29 is 12.8 Å². The Kier molecular flexibility index (Phi) is 3.77. The van der Waals surface area contributed by atoms with Gasteiger partial charge in [0, 0.05) is 5.56 Å². The van der Waals surface area contributed by atoms with Crippen LogP contribution in [0.3, 0.4) is 0 Å². The normalized spacial score (nSPS) is 11.5. The Morgan fingerprint density at radius 3 is 2.32 bits per heavy atom. The summed E-state index contributed by atoms with van der Waals surface area (Å²) in [6, 6.07) is 15.8. The molecular formula is C16H14N2O3S. The SMILES string of the molecule is Cc1ccc(-c2nnc(CS(=O)(=O)c3ccccc3)o2)cc1. The number of sulfone groups is 1. The zero-order chi connectivity index (χ0) is 15.6. The van der Waals surface area contributed by atoms with E-state index >= 15 is 0 Å². The van der Waals surface area contributed by atoms with Crippen molar-refractivity contribution in [1.29, 1.82) is 0 Å². The highest BCUT2D eigenvalue weighted by molar-refractivity contribution is 7.90. The standard InChI is InChI=1S/C16H14N2O3S/c1-12-7-9-13(10-8-12)16-18-17-15(21-16)11-22(19,20)14-5-3-2-4-6-14/h2-10H,11H2,1H3. The average Bonchev–Trinajstić information content (AvgIpc) is 2.97. The molecule has 3 aromatic rings. The Labute approximate surface area is 128 Å². The summed E-state index contributed by atoms with van der Waals surface area (Å²) in [6.45, 7) is 1.98. The summed E-state index contributed by atoms with van der Waals surface area (Å²) in [5, 5.41) is 7.74. The number of rotatable bonds is 4. The quantitative estimate of drug-likeness (QED) is 0.740. The van der Waals surface area contributed by atoms with Crippen LogP contribution in [-0.2, 0) is 15.6 Å². The van der Waals surface area contributed by atoms with Crippen molar-refractivity contribution in [2.45, 2.75) is 17.6 Å². The van der Waals surface area contributed by atoms with Crippen LogP contribution in [0.15, 0.2) is 63.9 Å². The summed E-state index contributed by atoms with van der Waals surface area (Å²) >= 11 is 0. The van der Waals surface area contributed by atoms with Crippen LogP contribution in [0.4, 0.5) is 0 Å². The van der Waals surface area contributed by atoms with Gasteiger partial charge in [0.15, 0.2) is 9.84 Å². The molecule has 0 radical (unpaired) electrons. The zero-order valence-corrected chi connectivity index (χ0v) is 12.7. The minimum absolute atomic E-state index is 0.0828. The third-order valence-electron chi connectivity index (χ3n) is 3.18. The maximum absolute atomic E-state index is 12.3. The lowest BCUT2D eigenvalue weighted by atomic mass is 10.1. The van der Waals surface area contributed by atoms with Gasteiger partial charge in [0.05, 0.1) is 4.90 Å². The van der Waals surface area contributed by atoms with Gasteiger partial charge in [-0.3, -0.25) is 0 Å². The van der Waals surface area contributed by atoms with E-state index in [0.29, 0.717) is 5.89 Å². The van der Waals surface area contributed by atoms with E-state index in [1.165, 1.54) is 0 Å². The highest BCUT2D eigenvalue weighted by Gasteiger charge is 2.19. The molecule has 22 heavy (non-hydrogen) atoms. The Balaban J connectivity index is 1.84. The van der Waals surface area contributed by atoms with Gasteiger partial charge in [-0.25, -0.2) is 8.42 Å². The van der Waals surface area contributed by atoms with Gasteiger partial charge in [-0.05, 0) is 31.2 Å². The van der Waals surface area contributed by atoms with Crippen LogP contribution in [0.2, 0.25) is 0 Å². The van der Waals surface area contributed by atoms with E-state index < -0.39 is 9.84 Å². The topological polar surface area (TPSA) is 73.1 Å². The van der Waals surface area contributed by atoms with E-state index in [0.717, 1.165) is 11.1 Å². The average molecular weight is 314 g/mol. The van der Waals surface area contributed by atoms with Crippen molar-refractivity contribution in [1.82, 2.24) is 10.2 Å². The molecule has 0 N–H and O–H groups in total. The molecular weight excluding hydrogens is 300 g/mol. The van der Waals surface area contributed by atoms with E-state index in [2.05, 4.69) is 10.2 Å². The first-order valence-electron chi connectivity index (χ1n) is 6.72. The van der Waals surface area contributed by atoms with Crippen LogP contribution in [0.25, 0.3) is 11.5 Å². The van der Waals surface area contributed by atoms with Gasteiger partial charge in [-0.15, -0.1) is 10.2 Å². The summed E-state index contributed by atoms with van der Waals surface area (Å²) in [5.41, 5.74) is 1.89. The van der Waals surface area contributed by atoms with Crippen molar-refractivity contribution in [3.63, 3.8) is 0 Å². The van der Waals surface area contributed by atoms with Gasteiger partial charge < -0.3 is 4.42 Å². The molecule has 2 aromatic carbocycles. The first kappa shape index (κ1) is 14.5. The van der Waals surface area contributed by atoms with Gasteiger partial charge in [-0.2, -0.15) is 0 Å². The van der Waals surface area contributed by atoms with Gasteiger partial charge in [0.2, 0.25) is 11.8 Å². The predicted molar refractivity (Wildman–Crippen MR) is 81.8 cm³/mol. The van der Waals surface area contributed by atoms with Crippen LogP contribution < -0.4 is 0 Å². The van der Waals surface area contributed by atoms with Crippen molar-refractivity contribution in [3.05, 3.63) is 66.1 Å². The monoisotopic (exact) mass is 314 g/mol.